The molecule has 7 heteroatoms. The summed E-state index contributed by atoms with van der Waals surface area (Å²) in [5.74, 6) is 6.10. The number of hydrogen-bond donors (Lipinski definition) is 3. The van der Waals surface area contributed by atoms with Crippen molar-refractivity contribution < 1.29 is 9.59 Å². The number of carbonyl (C=O) groups is 2. The Bertz CT molecular complexity index is 706. The second-order valence-electron chi connectivity index (χ2n) is 8.82. The predicted molar refractivity (Wildman–Crippen MR) is 113 cm³/mol. The third kappa shape index (κ3) is 5.35. The Labute approximate surface area is 173 Å². The lowest BCUT2D eigenvalue weighted by atomic mass is 9.85. The van der Waals surface area contributed by atoms with Crippen molar-refractivity contribution in [1.82, 2.24) is 15.2 Å². The van der Waals surface area contributed by atoms with Crippen molar-refractivity contribution in [3.63, 3.8) is 0 Å². The summed E-state index contributed by atoms with van der Waals surface area (Å²) in [6.07, 6.45) is 5.97. The van der Waals surface area contributed by atoms with Gasteiger partial charge in [0.15, 0.2) is 0 Å². The van der Waals surface area contributed by atoms with E-state index in [-0.39, 0.29) is 17.7 Å². The first-order chi connectivity index (χ1) is 14.1. The minimum absolute atomic E-state index is 0.165. The number of carbonyl (C=O) groups excluding carboxylic acids is 2. The minimum Gasteiger partial charge on any atom is -0.382 e. The molecule has 29 heavy (non-hydrogen) atoms. The van der Waals surface area contributed by atoms with Gasteiger partial charge in [0.25, 0.3) is 0 Å². The number of amides is 2. The maximum atomic E-state index is 12.0. The smallest absolute Gasteiger partial charge is 0.234 e. The minimum atomic E-state index is -0.210. The molecule has 4 rings (SSSR count). The van der Waals surface area contributed by atoms with E-state index < -0.39 is 0 Å². The molecule has 1 aromatic carbocycles. The van der Waals surface area contributed by atoms with Crippen LogP contribution in [0.15, 0.2) is 24.3 Å². The first-order valence-electron chi connectivity index (χ1n) is 11.0. The van der Waals surface area contributed by atoms with Crippen molar-refractivity contribution >= 4 is 17.5 Å². The van der Waals surface area contributed by atoms with E-state index in [4.69, 9.17) is 5.84 Å². The highest BCUT2D eigenvalue weighted by Gasteiger charge is 2.28. The maximum Gasteiger partial charge on any atom is 0.234 e. The van der Waals surface area contributed by atoms with Crippen LogP contribution in [0.2, 0.25) is 0 Å². The van der Waals surface area contributed by atoms with Crippen LogP contribution >= 0.6 is 0 Å². The van der Waals surface area contributed by atoms with Crippen molar-refractivity contribution in [3.05, 3.63) is 29.8 Å². The number of nitrogens with zero attached hydrogens (tertiary/aromatic N) is 2. The van der Waals surface area contributed by atoms with E-state index in [0.717, 1.165) is 43.3 Å². The number of anilines is 1. The molecule has 2 saturated heterocycles. The molecule has 3 aliphatic rings. The SMILES string of the molecule is NN1CCN(CC2CCC(Nc3ccc(C4CCC(=O)NC4=O)cc3)CC2)CC1. The zero-order valence-electron chi connectivity index (χ0n) is 17.1. The summed E-state index contributed by atoms with van der Waals surface area (Å²) in [5.41, 5.74) is 2.10. The van der Waals surface area contributed by atoms with Gasteiger partial charge in [0, 0.05) is 50.9 Å². The van der Waals surface area contributed by atoms with E-state index in [0.29, 0.717) is 18.9 Å². The second-order valence-corrected chi connectivity index (χ2v) is 8.82. The molecule has 0 spiro atoms. The third-order valence-electron chi connectivity index (χ3n) is 6.69. The molecule has 0 bridgehead atoms. The van der Waals surface area contributed by atoms with Crippen LogP contribution in [0, 0.1) is 5.92 Å². The second kappa shape index (κ2) is 9.24. The molecule has 4 N–H and O–H groups in total. The molecule has 1 aliphatic carbocycles. The Balaban J connectivity index is 1.22. The van der Waals surface area contributed by atoms with Crippen LogP contribution < -0.4 is 16.5 Å². The number of rotatable bonds is 5. The summed E-state index contributed by atoms with van der Waals surface area (Å²) in [7, 11) is 0. The van der Waals surface area contributed by atoms with E-state index in [1.54, 1.807) is 0 Å². The van der Waals surface area contributed by atoms with Crippen LogP contribution in [0.5, 0.6) is 0 Å². The van der Waals surface area contributed by atoms with Crippen molar-refractivity contribution in [1.29, 1.82) is 0 Å². The molecule has 3 fully saturated rings. The zero-order valence-corrected chi connectivity index (χ0v) is 17.1. The predicted octanol–water partition coefficient (Wildman–Crippen LogP) is 1.67. The average molecular weight is 400 g/mol. The van der Waals surface area contributed by atoms with E-state index in [9.17, 15) is 9.59 Å². The van der Waals surface area contributed by atoms with Crippen molar-refractivity contribution in [2.24, 2.45) is 11.8 Å². The molecule has 1 atom stereocenters. The molecule has 2 aliphatic heterocycles. The van der Waals surface area contributed by atoms with Crippen LogP contribution in [0.4, 0.5) is 5.69 Å². The molecule has 1 unspecified atom stereocenters. The summed E-state index contributed by atoms with van der Waals surface area (Å²) >= 11 is 0. The fourth-order valence-corrected chi connectivity index (χ4v) is 4.86. The van der Waals surface area contributed by atoms with Gasteiger partial charge in [-0.25, -0.2) is 5.01 Å². The standard InChI is InChI=1S/C22H33N5O2/c23-27-13-11-26(12-14-27)15-16-1-5-18(6-2-16)24-19-7-3-17(4-8-19)20-9-10-21(28)25-22(20)29/h3-4,7-8,16,18,20,24H,1-2,5-6,9-15,23H2,(H,25,28,29). The van der Waals surface area contributed by atoms with Crippen molar-refractivity contribution in [3.8, 4) is 0 Å². The lowest BCUT2D eigenvalue weighted by Crippen LogP contribution is -2.50. The first-order valence-corrected chi connectivity index (χ1v) is 11.0. The summed E-state index contributed by atoms with van der Waals surface area (Å²) in [5, 5.41) is 8.03. The normalized spacial score (nSPS) is 29.5. The molecule has 158 valence electrons. The van der Waals surface area contributed by atoms with E-state index in [1.165, 1.54) is 32.2 Å². The summed E-state index contributed by atoms with van der Waals surface area (Å²) in [6, 6.07) is 8.69. The number of hydrazine groups is 1. The number of piperazine rings is 1. The largest absolute Gasteiger partial charge is 0.382 e. The molecule has 0 aromatic heterocycles. The Morgan fingerprint density at radius 2 is 1.66 bits per heavy atom. The molecule has 2 heterocycles. The van der Waals surface area contributed by atoms with E-state index in [2.05, 4.69) is 27.7 Å². The maximum absolute atomic E-state index is 12.0. The number of piperidine rings is 1. The van der Waals surface area contributed by atoms with Crippen LogP contribution in [-0.4, -0.2) is 60.5 Å². The number of hydrogen-bond acceptors (Lipinski definition) is 6. The fraction of sp³-hybridized carbons (Fsp3) is 0.636. The molecular weight excluding hydrogens is 366 g/mol. The van der Waals surface area contributed by atoms with Crippen LogP contribution in [0.25, 0.3) is 0 Å². The Morgan fingerprint density at radius 3 is 2.31 bits per heavy atom. The summed E-state index contributed by atoms with van der Waals surface area (Å²) in [4.78, 5) is 25.9. The van der Waals surface area contributed by atoms with Gasteiger partial charge in [-0.3, -0.25) is 20.7 Å². The summed E-state index contributed by atoms with van der Waals surface area (Å²) in [6.45, 7) is 5.35. The van der Waals surface area contributed by atoms with Gasteiger partial charge in [0.2, 0.25) is 11.8 Å². The monoisotopic (exact) mass is 399 g/mol. The Morgan fingerprint density at radius 1 is 0.966 bits per heavy atom. The molecule has 1 aromatic rings. The highest BCUT2D eigenvalue weighted by molar-refractivity contribution is 6.00. The highest BCUT2D eigenvalue weighted by Crippen LogP contribution is 2.29. The van der Waals surface area contributed by atoms with E-state index in [1.807, 2.05) is 17.1 Å². The average Bonchev–Trinajstić information content (AvgIpc) is 2.72. The Kier molecular flexibility index (Phi) is 6.47. The van der Waals surface area contributed by atoms with Crippen LogP contribution in [0.1, 0.15) is 50.0 Å². The van der Waals surface area contributed by atoms with Gasteiger partial charge >= 0.3 is 0 Å². The van der Waals surface area contributed by atoms with E-state index >= 15 is 0 Å². The molecule has 0 radical (unpaired) electrons. The van der Waals surface area contributed by atoms with Gasteiger partial charge < -0.3 is 10.2 Å². The number of benzene rings is 1. The quantitative estimate of drug-likeness (QED) is 0.515. The topological polar surface area (TPSA) is 90.7 Å². The van der Waals surface area contributed by atoms with Crippen LogP contribution in [0.3, 0.4) is 0 Å². The number of nitrogens with two attached hydrogens (primary N) is 1. The molecule has 7 nitrogen and oxygen atoms in total. The Hall–Kier alpha value is -1.96. The fourth-order valence-electron chi connectivity index (χ4n) is 4.86. The zero-order chi connectivity index (χ0) is 20.2. The van der Waals surface area contributed by atoms with Gasteiger partial charge in [-0.2, -0.15) is 0 Å². The van der Waals surface area contributed by atoms with Crippen molar-refractivity contribution in [2.75, 3.05) is 38.0 Å². The third-order valence-corrected chi connectivity index (χ3v) is 6.69. The van der Waals surface area contributed by atoms with Crippen LogP contribution in [-0.2, 0) is 9.59 Å². The van der Waals surface area contributed by atoms with Gasteiger partial charge in [-0.05, 0) is 55.7 Å². The van der Waals surface area contributed by atoms with Gasteiger partial charge in [-0.1, -0.05) is 12.1 Å². The number of nitrogens with one attached hydrogen (secondary N) is 2. The molecule has 1 saturated carbocycles. The van der Waals surface area contributed by atoms with Crippen molar-refractivity contribution in [2.45, 2.75) is 50.5 Å². The number of imide groups is 1. The highest BCUT2D eigenvalue weighted by atomic mass is 16.2. The molecule has 2 amide bonds. The van der Waals surface area contributed by atoms with Gasteiger partial charge in [-0.15, -0.1) is 0 Å². The lowest BCUT2D eigenvalue weighted by Gasteiger charge is -2.37. The molecular formula is C22H33N5O2. The first kappa shape index (κ1) is 20.3. The lowest BCUT2D eigenvalue weighted by molar-refractivity contribution is -0.134. The van der Waals surface area contributed by atoms with Gasteiger partial charge in [0.1, 0.15) is 0 Å². The van der Waals surface area contributed by atoms with Gasteiger partial charge in [0.05, 0.1) is 5.92 Å². The summed E-state index contributed by atoms with van der Waals surface area (Å²) < 4.78 is 0.